The van der Waals surface area contributed by atoms with Crippen LogP contribution in [-0.4, -0.2) is 27.8 Å². The number of benzene rings is 1. The van der Waals surface area contributed by atoms with Gasteiger partial charge in [-0.3, -0.25) is 4.99 Å². The smallest absolute Gasteiger partial charge is 0.191 e. The second kappa shape index (κ2) is 7.85. The summed E-state index contributed by atoms with van der Waals surface area (Å²) in [6.07, 6.45) is 3.38. The highest BCUT2D eigenvalue weighted by atomic mass is 35.5. The number of aryl methyl sites for hydroxylation is 1. The summed E-state index contributed by atoms with van der Waals surface area (Å²) in [4.78, 5) is 4.23. The van der Waals surface area contributed by atoms with Gasteiger partial charge in [-0.2, -0.15) is 0 Å². The minimum atomic E-state index is 0.563. The maximum atomic E-state index is 6.19. The Hall–Kier alpha value is -1.79. The van der Waals surface area contributed by atoms with Crippen LogP contribution in [0, 0.1) is 0 Å². The van der Waals surface area contributed by atoms with E-state index < -0.39 is 0 Å². The number of rotatable bonds is 4. The van der Waals surface area contributed by atoms with Crippen LogP contribution in [0.3, 0.4) is 0 Å². The van der Waals surface area contributed by atoms with E-state index >= 15 is 0 Å². The van der Waals surface area contributed by atoms with Crippen LogP contribution in [0.2, 0.25) is 10.0 Å². The first kappa shape index (κ1) is 17.0. The lowest BCUT2D eigenvalue weighted by molar-refractivity contribution is 0.504. The van der Waals surface area contributed by atoms with Gasteiger partial charge in [0, 0.05) is 36.6 Å². The molecule has 0 saturated heterocycles. The molecule has 2 heterocycles. The molecule has 0 spiro atoms. The number of nitrogens with zero attached hydrogens (tertiary/aromatic N) is 4. The fourth-order valence-corrected chi connectivity index (χ4v) is 3.20. The Morgan fingerprint density at radius 3 is 2.83 bits per heavy atom. The average Bonchev–Trinajstić information content (AvgIpc) is 3.00. The van der Waals surface area contributed by atoms with Crippen LogP contribution in [0.5, 0.6) is 0 Å². The van der Waals surface area contributed by atoms with Crippen molar-refractivity contribution >= 4 is 29.2 Å². The van der Waals surface area contributed by atoms with Crippen molar-refractivity contribution in [3.05, 3.63) is 45.5 Å². The maximum absolute atomic E-state index is 6.19. The lowest BCUT2D eigenvalue weighted by Crippen LogP contribution is -2.37. The molecule has 1 aliphatic heterocycles. The third kappa shape index (κ3) is 3.99. The topological polar surface area (TPSA) is 67.1 Å². The van der Waals surface area contributed by atoms with E-state index in [1.165, 1.54) is 12.8 Å². The van der Waals surface area contributed by atoms with Gasteiger partial charge in [-0.05, 0) is 30.5 Å². The van der Waals surface area contributed by atoms with Crippen molar-refractivity contribution in [3.8, 4) is 0 Å². The number of hydrogen-bond donors (Lipinski definition) is 2. The molecule has 2 N–H and O–H groups in total. The number of guanidine groups is 1. The van der Waals surface area contributed by atoms with Gasteiger partial charge in [0.2, 0.25) is 0 Å². The molecule has 0 amide bonds. The van der Waals surface area contributed by atoms with Crippen molar-refractivity contribution in [2.24, 2.45) is 4.99 Å². The predicted octanol–water partition coefficient (Wildman–Crippen LogP) is 2.79. The maximum Gasteiger partial charge on any atom is 0.191 e. The van der Waals surface area contributed by atoms with Gasteiger partial charge in [-0.25, -0.2) is 0 Å². The van der Waals surface area contributed by atoms with Crippen molar-refractivity contribution in [2.45, 2.75) is 38.9 Å². The molecule has 0 atom stereocenters. The minimum absolute atomic E-state index is 0.563. The summed E-state index contributed by atoms with van der Waals surface area (Å²) in [5.41, 5.74) is 0.962. The Balaban J connectivity index is 1.56. The molecule has 1 aromatic heterocycles. The number of aromatic nitrogens is 3. The normalized spacial score (nSPS) is 14.4. The molecule has 0 aliphatic carbocycles. The summed E-state index contributed by atoms with van der Waals surface area (Å²) in [5.74, 6) is 2.71. The second-order valence-corrected chi connectivity index (χ2v) is 6.50. The molecule has 24 heavy (non-hydrogen) atoms. The minimum Gasteiger partial charge on any atom is -0.352 e. The summed E-state index contributed by atoms with van der Waals surface area (Å²) < 4.78 is 2.19. The number of nitrogens with one attached hydrogen (secondary N) is 2. The van der Waals surface area contributed by atoms with Crippen LogP contribution in [0.15, 0.2) is 23.2 Å². The van der Waals surface area contributed by atoms with Crippen LogP contribution >= 0.6 is 23.2 Å². The summed E-state index contributed by atoms with van der Waals surface area (Å²) >= 11 is 12.1. The average molecular weight is 367 g/mol. The molecule has 1 aromatic carbocycles. The molecule has 2 aromatic rings. The zero-order valence-corrected chi connectivity index (χ0v) is 15.0. The van der Waals surface area contributed by atoms with Crippen LogP contribution < -0.4 is 10.6 Å². The first-order valence-corrected chi connectivity index (χ1v) is 8.72. The Labute approximate surface area is 151 Å². The summed E-state index contributed by atoms with van der Waals surface area (Å²) in [5, 5.41) is 16.3. The van der Waals surface area contributed by atoms with Crippen LogP contribution in [0.4, 0.5) is 0 Å². The molecule has 0 unspecified atom stereocenters. The SMILES string of the molecule is CN=C(NCc1ccc(Cl)cc1Cl)NCc1nnc2n1CCCC2. The van der Waals surface area contributed by atoms with Crippen molar-refractivity contribution in [2.75, 3.05) is 7.05 Å². The molecule has 128 valence electrons. The second-order valence-electron chi connectivity index (χ2n) is 5.66. The monoisotopic (exact) mass is 366 g/mol. The number of hydrogen-bond acceptors (Lipinski definition) is 3. The van der Waals surface area contributed by atoms with Crippen molar-refractivity contribution in [1.82, 2.24) is 25.4 Å². The molecule has 0 radical (unpaired) electrons. The summed E-state index contributed by atoms with van der Waals surface area (Å²) in [6.45, 7) is 2.14. The van der Waals surface area contributed by atoms with Crippen molar-refractivity contribution < 1.29 is 0 Å². The van der Waals surface area contributed by atoms with Gasteiger partial charge in [0.1, 0.15) is 5.82 Å². The highest BCUT2D eigenvalue weighted by Gasteiger charge is 2.15. The van der Waals surface area contributed by atoms with E-state index in [9.17, 15) is 0 Å². The molecule has 0 fully saturated rings. The first-order valence-electron chi connectivity index (χ1n) is 7.97. The third-order valence-corrected chi connectivity index (χ3v) is 4.62. The largest absolute Gasteiger partial charge is 0.352 e. The summed E-state index contributed by atoms with van der Waals surface area (Å²) in [7, 11) is 1.73. The highest BCUT2D eigenvalue weighted by molar-refractivity contribution is 6.35. The first-order chi connectivity index (χ1) is 11.7. The van der Waals surface area contributed by atoms with E-state index in [1.54, 1.807) is 13.1 Å². The Bertz CT molecular complexity index is 740. The molecular weight excluding hydrogens is 347 g/mol. The zero-order chi connectivity index (χ0) is 16.9. The standard InChI is InChI=1S/C16H20Cl2N6/c1-19-16(20-9-11-5-6-12(17)8-13(11)18)21-10-15-23-22-14-4-2-3-7-24(14)15/h5-6,8H,2-4,7,9-10H2,1H3,(H2,19,20,21). The lowest BCUT2D eigenvalue weighted by Gasteiger charge is -2.16. The molecule has 3 rings (SSSR count). The van der Waals surface area contributed by atoms with Gasteiger partial charge < -0.3 is 15.2 Å². The molecule has 1 aliphatic rings. The van der Waals surface area contributed by atoms with Crippen molar-refractivity contribution in [3.63, 3.8) is 0 Å². The fraction of sp³-hybridized carbons (Fsp3) is 0.438. The number of halogens is 2. The predicted molar refractivity (Wildman–Crippen MR) is 96.5 cm³/mol. The van der Waals surface area contributed by atoms with Crippen LogP contribution in [0.1, 0.15) is 30.1 Å². The van der Waals surface area contributed by atoms with Gasteiger partial charge in [0.15, 0.2) is 11.8 Å². The molecule has 6 nitrogen and oxygen atoms in total. The van der Waals surface area contributed by atoms with E-state index in [-0.39, 0.29) is 0 Å². The molecule has 0 saturated carbocycles. The lowest BCUT2D eigenvalue weighted by atomic mass is 10.2. The summed E-state index contributed by atoms with van der Waals surface area (Å²) in [6, 6.07) is 5.46. The number of fused-ring (bicyclic) bond motifs is 1. The van der Waals surface area contributed by atoms with Crippen LogP contribution in [0.25, 0.3) is 0 Å². The fourth-order valence-electron chi connectivity index (χ4n) is 2.73. The molecule has 8 heteroatoms. The van der Waals surface area contributed by atoms with E-state index in [0.29, 0.717) is 29.1 Å². The van der Waals surface area contributed by atoms with Gasteiger partial charge in [-0.15, -0.1) is 10.2 Å². The van der Waals surface area contributed by atoms with Gasteiger partial charge in [-0.1, -0.05) is 29.3 Å². The zero-order valence-electron chi connectivity index (χ0n) is 13.5. The third-order valence-electron chi connectivity index (χ3n) is 4.04. The highest BCUT2D eigenvalue weighted by Crippen LogP contribution is 2.20. The van der Waals surface area contributed by atoms with Gasteiger partial charge >= 0.3 is 0 Å². The molecular formula is C16H20Cl2N6. The Morgan fingerprint density at radius 1 is 1.21 bits per heavy atom. The van der Waals surface area contributed by atoms with E-state index in [1.807, 2.05) is 12.1 Å². The van der Waals surface area contributed by atoms with E-state index in [4.69, 9.17) is 23.2 Å². The van der Waals surface area contributed by atoms with Gasteiger partial charge in [0.25, 0.3) is 0 Å². The van der Waals surface area contributed by atoms with Gasteiger partial charge in [0.05, 0.1) is 6.54 Å². The quantitative estimate of drug-likeness (QED) is 0.644. The van der Waals surface area contributed by atoms with Crippen molar-refractivity contribution in [1.29, 1.82) is 0 Å². The van der Waals surface area contributed by atoms with Crippen LogP contribution in [-0.2, 0) is 26.1 Å². The number of aliphatic imine (C=N–C) groups is 1. The van der Waals surface area contributed by atoms with E-state index in [0.717, 1.165) is 30.2 Å². The molecule has 0 bridgehead atoms. The van der Waals surface area contributed by atoms with E-state index in [2.05, 4.69) is 30.4 Å². The Kier molecular flexibility index (Phi) is 5.58. The Morgan fingerprint density at radius 2 is 2.04 bits per heavy atom.